The van der Waals surface area contributed by atoms with Gasteiger partial charge in [0.2, 0.25) is 0 Å². The van der Waals surface area contributed by atoms with Crippen molar-refractivity contribution in [3.63, 3.8) is 0 Å². The van der Waals surface area contributed by atoms with Gasteiger partial charge < -0.3 is 5.73 Å². The zero-order valence-electron chi connectivity index (χ0n) is 12.0. The lowest BCUT2D eigenvalue weighted by Crippen LogP contribution is -2.26. The van der Waals surface area contributed by atoms with Gasteiger partial charge >= 0.3 is 0 Å². The molecule has 20 heavy (non-hydrogen) atoms. The van der Waals surface area contributed by atoms with Crippen LogP contribution >= 0.6 is 23.4 Å². The highest BCUT2D eigenvalue weighted by molar-refractivity contribution is 7.99. The smallest absolute Gasteiger partial charge is 0.0945 e. The first kappa shape index (κ1) is 15.4. The largest absolute Gasteiger partial charge is 0.326 e. The lowest BCUT2D eigenvalue weighted by Gasteiger charge is -2.23. The molecule has 2 rings (SSSR count). The molecule has 0 saturated heterocycles. The number of nitrogens with two attached hydrogens (primary N) is 1. The molecule has 2 atom stereocenters. The highest BCUT2D eigenvalue weighted by atomic mass is 35.5. The number of benzene rings is 1. The zero-order chi connectivity index (χ0) is 14.7. The molecule has 0 aliphatic carbocycles. The van der Waals surface area contributed by atoms with Crippen LogP contribution in [0.4, 0.5) is 0 Å². The van der Waals surface area contributed by atoms with Crippen LogP contribution in [-0.2, 0) is 7.05 Å². The highest BCUT2D eigenvalue weighted by Gasteiger charge is 2.23. The normalized spacial score (nSPS) is 14.2. The Balaban J connectivity index is 2.34. The van der Waals surface area contributed by atoms with E-state index in [0.29, 0.717) is 0 Å². The minimum atomic E-state index is 0.0510. The Morgan fingerprint density at radius 1 is 1.40 bits per heavy atom. The second-order valence-corrected chi connectivity index (χ2v) is 6.45. The third-order valence-corrected chi connectivity index (χ3v) is 5.10. The predicted octanol–water partition coefficient (Wildman–Crippen LogP) is 3.95. The third kappa shape index (κ3) is 3.37. The second kappa shape index (κ2) is 6.66. The summed E-state index contributed by atoms with van der Waals surface area (Å²) in [5.41, 5.74) is 8.42. The molecule has 0 bridgehead atoms. The molecule has 2 N–H and O–H groups in total. The Labute approximate surface area is 129 Å². The summed E-state index contributed by atoms with van der Waals surface area (Å²) >= 11 is 8.07. The van der Waals surface area contributed by atoms with Crippen LogP contribution in [0.15, 0.2) is 35.4 Å². The number of aromatic nitrogens is 2. The zero-order valence-corrected chi connectivity index (χ0v) is 13.6. The third-order valence-electron chi connectivity index (χ3n) is 3.28. The summed E-state index contributed by atoms with van der Waals surface area (Å²) in [6.07, 6.45) is 0.903. The van der Waals surface area contributed by atoms with Gasteiger partial charge in [-0.15, -0.1) is 0 Å². The lowest BCUT2D eigenvalue weighted by atomic mass is 10.0. The van der Waals surface area contributed by atoms with E-state index < -0.39 is 0 Å². The van der Waals surface area contributed by atoms with Crippen molar-refractivity contribution < 1.29 is 0 Å². The average molecular weight is 310 g/mol. The fourth-order valence-electron chi connectivity index (χ4n) is 2.13. The monoisotopic (exact) mass is 309 g/mol. The summed E-state index contributed by atoms with van der Waals surface area (Å²) < 4.78 is 1.90. The quantitative estimate of drug-likeness (QED) is 0.850. The van der Waals surface area contributed by atoms with Crippen molar-refractivity contribution in [2.45, 2.75) is 36.6 Å². The van der Waals surface area contributed by atoms with Gasteiger partial charge in [-0.1, -0.05) is 48.5 Å². The minimum absolute atomic E-state index is 0.0510. The van der Waals surface area contributed by atoms with Crippen LogP contribution in [0, 0.1) is 6.92 Å². The van der Waals surface area contributed by atoms with Gasteiger partial charge in [-0.25, -0.2) is 0 Å². The van der Waals surface area contributed by atoms with Gasteiger partial charge in [0, 0.05) is 18.1 Å². The number of nitrogens with zero attached hydrogens (tertiary/aromatic N) is 2. The van der Waals surface area contributed by atoms with Gasteiger partial charge in [-0.05, 0) is 31.0 Å². The van der Waals surface area contributed by atoms with Gasteiger partial charge in [0.05, 0.1) is 16.0 Å². The van der Waals surface area contributed by atoms with Crippen molar-refractivity contribution in [1.29, 1.82) is 0 Å². The molecule has 0 aliphatic heterocycles. The Morgan fingerprint density at radius 2 is 2.10 bits per heavy atom. The molecular formula is C15H20ClN3S. The number of aryl methyl sites for hydroxylation is 2. The van der Waals surface area contributed by atoms with E-state index in [1.54, 1.807) is 11.8 Å². The second-order valence-electron chi connectivity index (χ2n) is 4.88. The summed E-state index contributed by atoms with van der Waals surface area (Å²) in [6, 6.07) is 10.1. The van der Waals surface area contributed by atoms with Crippen LogP contribution in [0.2, 0.25) is 5.02 Å². The van der Waals surface area contributed by atoms with E-state index >= 15 is 0 Å². The van der Waals surface area contributed by atoms with Crippen molar-refractivity contribution in [1.82, 2.24) is 9.78 Å². The van der Waals surface area contributed by atoms with E-state index in [2.05, 4.69) is 24.2 Å². The van der Waals surface area contributed by atoms with Crippen molar-refractivity contribution in [2.75, 3.05) is 0 Å². The van der Waals surface area contributed by atoms with E-state index in [1.807, 2.05) is 36.9 Å². The van der Waals surface area contributed by atoms with Crippen LogP contribution in [0.1, 0.15) is 29.9 Å². The van der Waals surface area contributed by atoms with Crippen molar-refractivity contribution in [2.24, 2.45) is 12.8 Å². The summed E-state index contributed by atoms with van der Waals surface area (Å²) in [7, 11) is 1.95. The SMILES string of the molecule is CCC(N)C(Sc1cc(C)nn1C)c1ccccc1Cl. The molecule has 1 aromatic carbocycles. The predicted molar refractivity (Wildman–Crippen MR) is 86.3 cm³/mol. The Kier molecular flexibility index (Phi) is 5.13. The molecule has 0 saturated carbocycles. The number of rotatable bonds is 5. The van der Waals surface area contributed by atoms with Crippen LogP contribution in [0.25, 0.3) is 0 Å². The van der Waals surface area contributed by atoms with Gasteiger partial charge in [0.15, 0.2) is 0 Å². The van der Waals surface area contributed by atoms with E-state index in [-0.39, 0.29) is 11.3 Å². The number of thioether (sulfide) groups is 1. The molecule has 2 unspecified atom stereocenters. The molecular weight excluding hydrogens is 290 g/mol. The van der Waals surface area contributed by atoms with Gasteiger partial charge in [0.25, 0.3) is 0 Å². The van der Waals surface area contributed by atoms with Gasteiger partial charge in [-0.3, -0.25) is 4.68 Å². The summed E-state index contributed by atoms with van der Waals surface area (Å²) in [4.78, 5) is 0. The summed E-state index contributed by atoms with van der Waals surface area (Å²) in [6.45, 7) is 4.10. The van der Waals surface area contributed by atoms with Gasteiger partial charge in [0.1, 0.15) is 0 Å². The van der Waals surface area contributed by atoms with Crippen molar-refractivity contribution in [3.05, 3.63) is 46.6 Å². The average Bonchev–Trinajstić information content (AvgIpc) is 2.74. The molecule has 108 valence electrons. The Hall–Kier alpha value is -0.970. The van der Waals surface area contributed by atoms with E-state index in [9.17, 15) is 0 Å². The molecule has 0 fully saturated rings. The molecule has 1 heterocycles. The number of hydrogen-bond donors (Lipinski definition) is 1. The van der Waals surface area contributed by atoms with Crippen molar-refractivity contribution >= 4 is 23.4 Å². The number of halogens is 1. The molecule has 0 aliphatic rings. The van der Waals surface area contributed by atoms with Gasteiger partial charge in [-0.2, -0.15) is 5.10 Å². The maximum atomic E-state index is 6.34. The molecule has 3 nitrogen and oxygen atoms in total. The highest BCUT2D eigenvalue weighted by Crippen LogP contribution is 2.40. The van der Waals surface area contributed by atoms with Crippen molar-refractivity contribution in [3.8, 4) is 0 Å². The minimum Gasteiger partial charge on any atom is -0.326 e. The van der Waals surface area contributed by atoms with Crippen LogP contribution in [-0.4, -0.2) is 15.8 Å². The first-order valence-electron chi connectivity index (χ1n) is 6.70. The molecule has 0 spiro atoms. The fourth-order valence-corrected chi connectivity index (χ4v) is 3.84. The standard InChI is InChI=1S/C15H20ClN3S/c1-4-13(17)15(11-7-5-6-8-12(11)16)20-14-9-10(2)18-19(14)3/h5-9,13,15H,4,17H2,1-3H3. The van der Waals surface area contributed by atoms with E-state index in [1.165, 1.54) is 0 Å². The molecule has 0 radical (unpaired) electrons. The topological polar surface area (TPSA) is 43.8 Å². The molecule has 5 heteroatoms. The summed E-state index contributed by atoms with van der Waals surface area (Å²) in [5, 5.41) is 6.39. The molecule has 2 aromatic rings. The Morgan fingerprint density at radius 3 is 2.65 bits per heavy atom. The fraction of sp³-hybridized carbons (Fsp3) is 0.400. The molecule has 0 amide bonds. The Bertz CT molecular complexity index is 582. The van der Waals surface area contributed by atoms with E-state index in [0.717, 1.165) is 27.7 Å². The lowest BCUT2D eigenvalue weighted by molar-refractivity contribution is 0.628. The molecule has 1 aromatic heterocycles. The first-order valence-corrected chi connectivity index (χ1v) is 7.96. The maximum absolute atomic E-state index is 6.34. The maximum Gasteiger partial charge on any atom is 0.0945 e. The number of hydrogen-bond acceptors (Lipinski definition) is 3. The van der Waals surface area contributed by atoms with Crippen LogP contribution < -0.4 is 5.73 Å². The van der Waals surface area contributed by atoms with E-state index in [4.69, 9.17) is 17.3 Å². The summed E-state index contributed by atoms with van der Waals surface area (Å²) in [5.74, 6) is 0. The van der Waals surface area contributed by atoms with Crippen LogP contribution in [0.3, 0.4) is 0 Å². The first-order chi connectivity index (χ1) is 9.52. The van der Waals surface area contributed by atoms with Crippen LogP contribution in [0.5, 0.6) is 0 Å².